The molecule has 0 fully saturated rings. The standard InChI is InChI=1S/C21H19BrN8O2/c1-12-9-13(2)30(29-12)21-26-19(24-16-6-4-15(22)5-7-16)25-20(27-21)28-23-11-14-3-8-17(31)10-18(14)32/h3-11,31-32H,1-2H3,(H2,24,25,26,27,28)/b23-11+. The van der Waals surface area contributed by atoms with E-state index in [1.165, 1.54) is 24.4 Å². The van der Waals surface area contributed by atoms with Crippen molar-refractivity contribution in [2.45, 2.75) is 13.8 Å². The Morgan fingerprint density at radius 2 is 1.72 bits per heavy atom. The summed E-state index contributed by atoms with van der Waals surface area (Å²) in [5.74, 6) is 0.650. The van der Waals surface area contributed by atoms with Crippen LogP contribution in [0.2, 0.25) is 0 Å². The summed E-state index contributed by atoms with van der Waals surface area (Å²) in [6.07, 6.45) is 1.39. The molecule has 10 nitrogen and oxygen atoms in total. The Bertz CT molecular complexity index is 1290. The molecule has 0 bridgehead atoms. The normalized spacial score (nSPS) is 11.1. The third-order valence-corrected chi connectivity index (χ3v) is 4.83. The topological polar surface area (TPSA) is 133 Å². The Morgan fingerprint density at radius 1 is 0.969 bits per heavy atom. The Kier molecular flexibility index (Phi) is 5.99. The first-order chi connectivity index (χ1) is 15.4. The number of nitrogens with one attached hydrogen (secondary N) is 2. The van der Waals surface area contributed by atoms with Gasteiger partial charge < -0.3 is 15.5 Å². The number of aromatic hydroxyl groups is 2. The highest BCUT2D eigenvalue weighted by atomic mass is 79.9. The average Bonchev–Trinajstić information content (AvgIpc) is 3.09. The van der Waals surface area contributed by atoms with Gasteiger partial charge in [-0.25, -0.2) is 10.1 Å². The lowest BCUT2D eigenvalue weighted by molar-refractivity contribution is 0.450. The fourth-order valence-corrected chi connectivity index (χ4v) is 3.12. The predicted octanol–water partition coefficient (Wildman–Crippen LogP) is 4.04. The van der Waals surface area contributed by atoms with Crippen molar-refractivity contribution < 1.29 is 10.2 Å². The average molecular weight is 495 g/mol. The zero-order valence-corrected chi connectivity index (χ0v) is 18.7. The lowest BCUT2D eigenvalue weighted by Crippen LogP contribution is -2.11. The molecule has 4 N–H and O–H groups in total. The highest BCUT2D eigenvalue weighted by molar-refractivity contribution is 9.10. The van der Waals surface area contributed by atoms with Crippen LogP contribution in [0.15, 0.2) is 58.1 Å². The zero-order valence-electron chi connectivity index (χ0n) is 17.2. The van der Waals surface area contributed by atoms with E-state index in [9.17, 15) is 10.2 Å². The lowest BCUT2D eigenvalue weighted by Gasteiger charge is -2.09. The summed E-state index contributed by atoms with van der Waals surface area (Å²) in [5, 5.41) is 31.0. The van der Waals surface area contributed by atoms with E-state index in [-0.39, 0.29) is 17.4 Å². The molecular formula is C21H19BrN8O2. The molecule has 2 aromatic heterocycles. The number of aromatic nitrogens is 5. The van der Waals surface area contributed by atoms with Crippen LogP contribution in [0.5, 0.6) is 11.5 Å². The summed E-state index contributed by atoms with van der Waals surface area (Å²) in [5.41, 5.74) is 5.66. The van der Waals surface area contributed by atoms with Gasteiger partial charge in [0.15, 0.2) is 0 Å². The van der Waals surface area contributed by atoms with Crippen LogP contribution >= 0.6 is 15.9 Å². The van der Waals surface area contributed by atoms with Gasteiger partial charge in [-0.05, 0) is 56.3 Å². The minimum absolute atomic E-state index is 0.0386. The molecule has 4 rings (SSSR count). The van der Waals surface area contributed by atoms with E-state index in [2.05, 4.69) is 51.8 Å². The number of hydrazone groups is 1. The summed E-state index contributed by atoms with van der Waals surface area (Å²) in [4.78, 5) is 13.3. The van der Waals surface area contributed by atoms with Gasteiger partial charge in [-0.15, -0.1) is 0 Å². The summed E-state index contributed by atoms with van der Waals surface area (Å²) < 4.78 is 2.57. The van der Waals surface area contributed by atoms with E-state index in [4.69, 9.17) is 0 Å². The smallest absolute Gasteiger partial charge is 0.257 e. The highest BCUT2D eigenvalue weighted by Gasteiger charge is 2.12. The molecule has 0 aliphatic heterocycles. The number of phenols is 2. The first-order valence-corrected chi connectivity index (χ1v) is 10.3. The van der Waals surface area contributed by atoms with Gasteiger partial charge >= 0.3 is 0 Å². The lowest BCUT2D eigenvalue weighted by atomic mass is 10.2. The second-order valence-corrected chi connectivity index (χ2v) is 7.78. The molecule has 162 valence electrons. The van der Waals surface area contributed by atoms with Crippen LogP contribution in [0.25, 0.3) is 5.95 Å². The summed E-state index contributed by atoms with van der Waals surface area (Å²) in [6, 6.07) is 13.7. The highest BCUT2D eigenvalue weighted by Crippen LogP contribution is 2.21. The Balaban J connectivity index is 1.65. The second-order valence-electron chi connectivity index (χ2n) is 6.87. The zero-order chi connectivity index (χ0) is 22.7. The summed E-state index contributed by atoms with van der Waals surface area (Å²) >= 11 is 3.41. The van der Waals surface area contributed by atoms with Gasteiger partial charge in [0.05, 0.1) is 11.9 Å². The van der Waals surface area contributed by atoms with Crippen molar-refractivity contribution in [3.8, 4) is 17.4 Å². The molecule has 0 aliphatic rings. The predicted molar refractivity (Wildman–Crippen MR) is 125 cm³/mol. The van der Waals surface area contributed by atoms with Gasteiger partial charge in [-0.3, -0.25) is 0 Å². The number of aryl methyl sites for hydroxylation is 2. The van der Waals surface area contributed by atoms with Crippen molar-refractivity contribution in [1.82, 2.24) is 24.7 Å². The van der Waals surface area contributed by atoms with E-state index >= 15 is 0 Å². The molecule has 0 unspecified atom stereocenters. The van der Waals surface area contributed by atoms with Crippen molar-refractivity contribution in [2.24, 2.45) is 5.10 Å². The summed E-state index contributed by atoms with van der Waals surface area (Å²) in [7, 11) is 0. The number of nitrogens with zero attached hydrogens (tertiary/aromatic N) is 6. The van der Waals surface area contributed by atoms with E-state index in [1.54, 1.807) is 4.68 Å². The molecule has 2 heterocycles. The van der Waals surface area contributed by atoms with Crippen LogP contribution in [-0.2, 0) is 0 Å². The molecule has 0 saturated heterocycles. The SMILES string of the molecule is Cc1cc(C)n(-c2nc(N/N=C/c3ccc(O)cc3O)nc(Nc3ccc(Br)cc3)n2)n1. The number of rotatable bonds is 6. The fourth-order valence-electron chi connectivity index (χ4n) is 2.86. The number of hydrogen-bond donors (Lipinski definition) is 4. The van der Waals surface area contributed by atoms with E-state index in [0.29, 0.717) is 17.5 Å². The van der Waals surface area contributed by atoms with Gasteiger partial charge in [0.1, 0.15) is 11.5 Å². The molecule has 4 aromatic rings. The molecule has 0 amide bonds. The Morgan fingerprint density at radius 3 is 2.41 bits per heavy atom. The third kappa shape index (κ3) is 5.01. The van der Waals surface area contributed by atoms with Crippen molar-refractivity contribution in [3.05, 3.63) is 70.0 Å². The molecule has 32 heavy (non-hydrogen) atoms. The number of hydrogen-bond acceptors (Lipinski definition) is 9. The molecule has 0 aliphatic carbocycles. The second kappa shape index (κ2) is 9.02. The van der Waals surface area contributed by atoms with Crippen molar-refractivity contribution in [1.29, 1.82) is 0 Å². The largest absolute Gasteiger partial charge is 0.508 e. The maximum Gasteiger partial charge on any atom is 0.257 e. The molecule has 0 saturated carbocycles. The van der Waals surface area contributed by atoms with Crippen LogP contribution in [-0.4, -0.2) is 41.2 Å². The molecular weight excluding hydrogens is 476 g/mol. The summed E-state index contributed by atoms with van der Waals surface area (Å²) in [6.45, 7) is 3.80. The first-order valence-electron chi connectivity index (χ1n) is 9.51. The Labute approximate surface area is 191 Å². The molecule has 0 spiro atoms. The Hall–Kier alpha value is -3.99. The molecule has 2 aromatic carbocycles. The van der Waals surface area contributed by atoms with Gasteiger partial charge in [0.25, 0.3) is 5.95 Å². The number of benzene rings is 2. The minimum atomic E-state index is -0.105. The van der Waals surface area contributed by atoms with Gasteiger partial charge in [-0.2, -0.15) is 25.2 Å². The first kappa shape index (κ1) is 21.2. The molecule has 0 atom stereocenters. The quantitative estimate of drug-likeness (QED) is 0.233. The van der Waals surface area contributed by atoms with Crippen LogP contribution < -0.4 is 10.7 Å². The monoisotopic (exact) mass is 494 g/mol. The number of halogens is 1. The minimum Gasteiger partial charge on any atom is -0.508 e. The van der Waals surface area contributed by atoms with Crippen LogP contribution in [0.4, 0.5) is 17.6 Å². The van der Waals surface area contributed by atoms with Crippen LogP contribution in [0.3, 0.4) is 0 Å². The van der Waals surface area contributed by atoms with Crippen LogP contribution in [0, 0.1) is 13.8 Å². The molecule has 11 heteroatoms. The maximum absolute atomic E-state index is 9.90. The van der Waals surface area contributed by atoms with Crippen molar-refractivity contribution in [3.63, 3.8) is 0 Å². The third-order valence-electron chi connectivity index (χ3n) is 4.31. The van der Waals surface area contributed by atoms with Crippen molar-refractivity contribution in [2.75, 3.05) is 10.7 Å². The van der Waals surface area contributed by atoms with Crippen molar-refractivity contribution >= 4 is 39.7 Å². The number of phenolic OH excluding ortho intramolecular Hbond substituents is 2. The van der Waals surface area contributed by atoms with Crippen LogP contribution in [0.1, 0.15) is 17.0 Å². The fraction of sp³-hybridized carbons (Fsp3) is 0.0952. The van der Waals surface area contributed by atoms with E-state index in [1.807, 2.05) is 44.2 Å². The van der Waals surface area contributed by atoms with E-state index in [0.717, 1.165) is 21.5 Å². The van der Waals surface area contributed by atoms with Gasteiger partial charge in [0.2, 0.25) is 11.9 Å². The number of anilines is 3. The van der Waals surface area contributed by atoms with Gasteiger partial charge in [-0.1, -0.05) is 15.9 Å². The molecule has 0 radical (unpaired) electrons. The maximum atomic E-state index is 9.90. The van der Waals surface area contributed by atoms with Gasteiger partial charge in [0, 0.05) is 27.5 Å². The van der Waals surface area contributed by atoms with E-state index < -0.39 is 0 Å².